The average Bonchev–Trinajstić information content (AvgIpc) is 3.28. The molecule has 1 amide bonds. The average molecular weight is 472 g/mol. The molecule has 2 fully saturated rings. The number of nitrogens with zero attached hydrogens (tertiary/aromatic N) is 1. The topological polar surface area (TPSA) is 101 Å². The van der Waals surface area contributed by atoms with Crippen LogP contribution in [0.25, 0.3) is 5.76 Å². The molecule has 33 heavy (non-hydrogen) atoms. The Kier molecular flexibility index (Phi) is 6.07. The lowest BCUT2D eigenvalue weighted by atomic mass is 9.94. The molecule has 2 heterocycles. The summed E-state index contributed by atoms with van der Waals surface area (Å²) in [6, 6.07) is 9.76. The molecule has 2 saturated heterocycles. The molecular formula is C24H22FNO6S. The van der Waals surface area contributed by atoms with Gasteiger partial charge < -0.3 is 14.7 Å². The minimum atomic E-state index is -3.39. The van der Waals surface area contributed by atoms with E-state index >= 15 is 0 Å². The summed E-state index contributed by atoms with van der Waals surface area (Å²) < 4.78 is 44.4. The van der Waals surface area contributed by atoms with E-state index in [0.29, 0.717) is 5.75 Å². The fourth-order valence-corrected chi connectivity index (χ4v) is 5.95. The molecule has 2 aromatic rings. The number of rotatable bonds is 6. The van der Waals surface area contributed by atoms with Crippen molar-refractivity contribution in [3.8, 4) is 5.75 Å². The minimum absolute atomic E-state index is 0.00786. The van der Waals surface area contributed by atoms with Gasteiger partial charge in [-0.3, -0.25) is 9.59 Å². The fraction of sp³-hybridized carbons (Fsp3) is 0.250. The molecule has 0 radical (unpaired) electrons. The Hall–Kier alpha value is -3.46. The van der Waals surface area contributed by atoms with Gasteiger partial charge in [-0.15, -0.1) is 0 Å². The van der Waals surface area contributed by atoms with Gasteiger partial charge >= 0.3 is 0 Å². The molecule has 7 nitrogen and oxygen atoms in total. The number of hydrogen-bond donors (Lipinski definition) is 1. The quantitative estimate of drug-likeness (QED) is 0.301. The summed E-state index contributed by atoms with van der Waals surface area (Å²) in [4.78, 5) is 27.1. The molecular weight excluding hydrogens is 449 g/mol. The Labute approximate surface area is 190 Å². The highest BCUT2D eigenvalue weighted by atomic mass is 32.2. The molecule has 2 aromatic carbocycles. The third-order valence-electron chi connectivity index (χ3n) is 5.78. The number of benzene rings is 2. The van der Waals surface area contributed by atoms with Crippen LogP contribution in [-0.2, 0) is 19.4 Å². The monoisotopic (exact) mass is 471 g/mol. The third kappa shape index (κ3) is 4.28. The molecule has 4 rings (SSSR count). The first kappa shape index (κ1) is 22.7. The summed E-state index contributed by atoms with van der Waals surface area (Å²) in [6.45, 7) is 3.85. The van der Waals surface area contributed by atoms with Crippen LogP contribution in [0.4, 0.5) is 4.39 Å². The van der Waals surface area contributed by atoms with Gasteiger partial charge in [-0.25, -0.2) is 12.8 Å². The third-order valence-corrected chi connectivity index (χ3v) is 7.53. The van der Waals surface area contributed by atoms with Crippen molar-refractivity contribution in [1.82, 2.24) is 4.90 Å². The van der Waals surface area contributed by atoms with Gasteiger partial charge in [0.1, 0.15) is 23.9 Å². The van der Waals surface area contributed by atoms with Crippen LogP contribution < -0.4 is 4.74 Å². The molecule has 9 heteroatoms. The molecule has 2 aliphatic rings. The maximum atomic E-state index is 14.8. The molecule has 0 bridgehead atoms. The zero-order chi connectivity index (χ0) is 23.8. The first-order chi connectivity index (χ1) is 15.7. The number of ketones is 1. The lowest BCUT2D eigenvalue weighted by molar-refractivity contribution is -0.141. The predicted molar refractivity (Wildman–Crippen MR) is 120 cm³/mol. The van der Waals surface area contributed by atoms with Crippen LogP contribution in [0, 0.1) is 5.82 Å². The highest BCUT2D eigenvalue weighted by Gasteiger charge is 2.51. The Morgan fingerprint density at radius 2 is 1.88 bits per heavy atom. The zero-order valence-corrected chi connectivity index (χ0v) is 18.4. The highest BCUT2D eigenvalue weighted by molar-refractivity contribution is 7.91. The van der Waals surface area contributed by atoms with Gasteiger partial charge in [0.05, 0.1) is 23.1 Å². The lowest BCUT2D eigenvalue weighted by Gasteiger charge is -2.30. The summed E-state index contributed by atoms with van der Waals surface area (Å²) in [5, 5.41) is 11.0. The van der Waals surface area contributed by atoms with Crippen molar-refractivity contribution in [3.05, 3.63) is 83.7 Å². The van der Waals surface area contributed by atoms with Gasteiger partial charge in [-0.05, 0) is 36.8 Å². The first-order valence-electron chi connectivity index (χ1n) is 10.3. The minimum Gasteiger partial charge on any atom is -0.507 e. The van der Waals surface area contributed by atoms with Crippen molar-refractivity contribution >= 4 is 27.3 Å². The van der Waals surface area contributed by atoms with E-state index < -0.39 is 45.2 Å². The van der Waals surface area contributed by atoms with Crippen LogP contribution in [0.2, 0.25) is 0 Å². The van der Waals surface area contributed by atoms with E-state index in [0.717, 1.165) is 4.90 Å². The second-order valence-corrected chi connectivity index (χ2v) is 10.1. The van der Waals surface area contributed by atoms with Crippen molar-refractivity contribution in [2.75, 3.05) is 18.1 Å². The van der Waals surface area contributed by atoms with Gasteiger partial charge in [0.2, 0.25) is 0 Å². The van der Waals surface area contributed by atoms with Crippen LogP contribution >= 0.6 is 0 Å². The van der Waals surface area contributed by atoms with E-state index in [4.69, 9.17) is 4.74 Å². The van der Waals surface area contributed by atoms with Gasteiger partial charge in [-0.2, -0.15) is 0 Å². The molecule has 0 saturated carbocycles. The second kappa shape index (κ2) is 8.82. The Bertz CT molecular complexity index is 1250. The second-order valence-electron chi connectivity index (χ2n) is 7.91. The number of carbonyl (C=O) groups excluding carboxylic acids is 2. The van der Waals surface area contributed by atoms with E-state index in [1.54, 1.807) is 24.3 Å². The molecule has 1 N–H and O–H groups in total. The van der Waals surface area contributed by atoms with Crippen LogP contribution in [-0.4, -0.2) is 54.3 Å². The number of likely N-dealkylation sites (tertiary alicyclic amines) is 1. The number of aliphatic hydroxyl groups excluding tert-OH is 1. The van der Waals surface area contributed by atoms with E-state index in [1.165, 1.54) is 30.3 Å². The van der Waals surface area contributed by atoms with Crippen LogP contribution in [0.1, 0.15) is 23.6 Å². The zero-order valence-electron chi connectivity index (χ0n) is 17.6. The molecule has 172 valence electrons. The van der Waals surface area contributed by atoms with Gasteiger partial charge in [0.25, 0.3) is 11.7 Å². The van der Waals surface area contributed by atoms with Crippen molar-refractivity contribution in [2.24, 2.45) is 0 Å². The van der Waals surface area contributed by atoms with Crippen molar-refractivity contribution in [2.45, 2.75) is 18.5 Å². The summed E-state index contributed by atoms with van der Waals surface area (Å²) in [7, 11) is -3.39. The van der Waals surface area contributed by atoms with Crippen molar-refractivity contribution in [1.29, 1.82) is 0 Å². The largest absolute Gasteiger partial charge is 0.507 e. The summed E-state index contributed by atoms with van der Waals surface area (Å²) in [5.41, 5.74) is -0.0398. The summed E-state index contributed by atoms with van der Waals surface area (Å²) in [6.07, 6.45) is 1.71. The lowest BCUT2D eigenvalue weighted by Crippen LogP contribution is -2.40. The smallest absolute Gasteiger partial charge is 0.295 e. The SMILES string of the molecule is C=CCOc1ccc(C(O)=C2C(=O)C(=O)N([C@@H]3CCS(=O)(=O)C3)[C@@H]2c2ccccc2F)cc1. The van der Waals surface area contributed by atoms with Crippen LogP contribution in [0.5, 0.6) is 5.75 Å². The predicted octanol–water partition coefficient (Wildman–Crippen LogP) is 3.00. The maximum absolute atomic E-state index is 14.8. The number of halogens is 1. The molecule has 0 spiro atoms. The van der Waals surface area contributed by atoms with E-state index in [1.807, 2.05) is 0 Å². The Morgan fingerprint density at radius 3 is 2.48 bits per heavy atom. The maximum Gasteiger partial charge on any atom is 0.295 e. The van der Waals surface area contributed by atoms with E-state index in [2.05, 4.69) is 6.58 Å². The highest BCUT2D eigenvalue weighted by Crippen LogP contribution is 2.43. The normalized spacial score (nSPS) is 23.6. The molecule has 2 aliphatic heterocycles. The number of carbonyl (C=O) groups is 2. The van der Waals surface area contributed by atoms with E-state index in [9.17, 15) is 27.5 Å². The van der Waals surface area contributed by atoms with Crippen LogP contribution in [0.3, 0.4) is 0 Å². The van der Waals surface area contributed by atoms with Crippen molar-refractivity contribution in [3.63, 3.8) is 0 Å². The number of sulfone groups is 1. The van der Waals surface area contributed by atoms with Gasteiger partial charge in [-0.1, -0.05) is 30.9 Å². The number of Topliss-reactive ketones (excluding diaryl/α,β-unsaturated/α-hetero) is 1. The molecule has 0 aliphatic carbocycles. The first-order valence-corrected chi connectivity index (χ1v) is 12.1. The molecule has 2 atom stereocenters. The fourth-order valence-electron chi connectivity index (χ4n) is 4.24. The Morgan fingerprint density at radius 1 is 1.18 bits per heavy atom. The number of aliphatic hydroxyl groups is 1. The van der Waals surface area contributed by atoms with Crippen molar-refractivity contribution < 1.29 is 32.2 Å². The molecule has 0 aromatic heterocycles. The van der Waals surface area contributed by atoms with Gasteiger partial charge in [0, 0.05) is 17.2 Å². The summed E-state index contributed by atoms with van der Waals surface area (Å²) in [5.74, 6) is -3.03. The summed E-state index contributed by atoms with van der Waals surface area (Å²) >= 11 is 0. The standard InChI is InChI=1S/C24H22FNO6S/c1-2-12-32-17-9-7-15(8-10-17)22(27)20-21(18-5-3-4-6-19(18)25)26(24(29)23(20)28)16-11-13-33(30,31)14-16/h2-10,16,21,27H,1,11-14H2/t16-,21-/m1/s1. The van der Waals surface area contributed by atoms with Gasteiger partial charge in [0.15, 0.2) is 9.84 Å². The number of amides is 1. The van der Waals surface area contributed by atoms with E-state index in [-0.39, 0.29) is 41.2 Å². The number of hydrogen-bond acceptors (Lipinski definition) is 6. The number of ether oxygens (including phenoxy) is 1. The van der Waals surface area contributed by atoms with Crippen LogP contribution in [0.15, 0.2) is 66.8 Å². The molecule has 0 unspecified atom stereocenters. The Balaban J connectivity index is 1.83.